The molecular weight excluding hydrogens is 252 g/mol. The molecule has 1 heterocycles. The highest BCUT2D eigenvalue weighted by molar-refractivity contribution is 7.99. The van der Waals surface area contributed by atoms with Crippen LogP contribution < -0.4 is 11.1 Å². The minimum absolute atomic E-state index is 0.337. The third kappa shape index (κ3) is 3.47. The molecule has 2 rings (SSSR count). The van der Waals surface area contributed by atoms with Crippen LogP contribution in [0.2, 0.25) is 0 Å². The summed E-state index contributed by atoms with van der Waals surface area (Å²) in [6, 6.07) is 2.52. The number of carbonyl (C=O) groups is 1. The number of nitrogens with two attached hydrogens (primary N) is 1. The molecule has 17 heavy (non-hydrogen) atoms. The molecule has 1 aromatic rings. The van der Waals surface area contributed by atoms with E-state index in [9.17, 15) is 4.79 Å². The van der Waals surface area contributed by atoms with E-state index < -0.39 is 0 Å². The van der Waals surface area contributed by atoms with Crippen LogP contribution in [0.25, 0.3) is 0 Å². The van der Waals surface area contributed by atoms with E-state index in [1.54, 1.807) is 11.3 Å². The molecule has 0 saturated heterocycles. The van der Waals surface area contributed by atoms with Crippen molar-refractivity contribution in [3.63, 3.8) is 0 Å². The maximum atomic E-state index is 11.0. The molecule has 1 aliphatic rings. The van der Waals surface area contributed by atoms with Gasteiger partial charge in [0.1, 0.15) is 0 Å². The summed E-state index contributed by atoms with van der Waals surface area (Å²) in [4.78, 5) is 12.1. The highest BCUT2D eigenvalue weighted by Gasteiger charge is 2.23. The number of thioether (sulfide) groups is 1. The quantitative estimate of drug-likeness (QED) is 0.862. The van der Waals surface area contributed by atoms with Crippen molar-refractivity contribution in [1.29, 1.82) is 0 Å². The first kappa shape index (κ1) is 12.9. The maximum Gasteiger partial charge on any atom is 0.249 e. The summed E-state index contributed by atoms with van der Waals surface area (Å²) in [6.45, 7) is 0.851. The molecule has 1 amide bonds. The molecule has 1 saturated carbocycles. The van der Waals surface area contributed by atoms with Crippen LogP contribution in [-0.4, -0.2) is 23.5 Å². The van der Waals surface area contributed by atoms with Gasteiger partial charge in [-0.3, -0.25) is 4.79 Å². The van der Waals surface area contributed by atoms with Crippen molar-refractivity contribution in [2.45, 2.75) is 37.1 Å². The Hall–Kier alpha value is -0.520. The van der Waals surface area contributed by atoms with Gasteiger partial charge in [0.25, 0.3) is 0 Å². The highest BCUT2D eigenvalue weighted by Crippen LogP contribution is 2.28. The minimum Gasteiger partial charge on any atom is -0.366 e. The first-order valence-electron chi connectivity index (χ1n) is 5.82. The molecule has 0 radical (unpaired) electrons. The van der Waals surface area contributed by atoms with Crippen molar-refractivity contribution in [1.82, 2.24) is 5.32 Å². The largest absolute Gasteiger partial charge is 0.366 e. The molecule has 1 aliphatic carbocycles. The van der Waals surface area contributed by atoms with Gasteiger partial charge in [0, 0.05) is 28.1 Å². The van der Waals surface area contributed by atoms with Gasteiger partial charge < -0.3 is 11.1 Å². The number of amides is 1. The monoisotopic (exact) mass is 270 g/mol. The normalized spacial score (nSPS) is 24.1. The molecule has 1 aromatic heterocycles. The van der Waals surface area contributed by atoms with Gasteiger partial charge in [-0.25, -0.2) is 0 Å². The van der Waals surface area contributed by atoms with Crippen LogP contribution in [0, 0.1) is 0 Å². The van der Waals surface area contributed by atoms with Crippen LogP contribution in [-0.2, 0) is 6.54 Å². The van der Waals surface area contributed by atoms with Crippen LogP contribution in [0.4, 0.5) is 0 Å². The van der Waals surface area contributed by atoms with Crippen molar-refractivity contribution < 1.29 is 4.79 Å². The molecule has 5 heteroatoms. The minimum atomic E-state index is -0.337. The van der Waals surface area contributed by atoms with Gasteiger partial charge in [-0.1, -0.05) is 0 Å². The molecule has 3 nitrogen and oxygen atoms in total. The van der Waals surface area contributed by atoms with Gasteiger partial charge in [-0.05, 0) is 31.6 Å². The summed E-state index contributed by atoms with van der Waals surface area (Å²) in [5, 5.41) is 6.21. The summed E-state index contributed by atoms with van der Waals surface area (Å²) in [6.07, 6.45) is 6.02. The second-order valence-corrected chi connectivity index (χ2v) is 6.55. The molecular formula is C12H18N2OS2. The lowest BCUT2D eigenvalue weighted by Gasteiger charge is -2.11. The lowest BCUT2D eigenvalue weighted by Crippen LogP contribution is -2.25. The Morgan fingerprint density at radius 3 is 3.06 bits per heavy atom. The fourth-order valence-corrected chi connectivity index (χ4v) is 3.81. The molecule has 2 unspecified atom stereocenters. The predicted octanol–water partition coefficient (Wildman–Crippen LogP) is 2.22. The van der Waals surface area contributed by atoms with E-state index in [2.05, 4.69) is 11.6 Å². The molecule has 0 aliphatic heterocycles. The van der Waals surface area contributed by atoms with Gasteiger partial charge in [-0.2, -0.15) is 11.8 Å². The SMILES string of the molecule is CSC1CCC(NCc2cc(C(N)=O)cs2)C1. The van der Waals surface area contributed by atoms with Gasteiger partial charge in [0.2, 0.25) is 5.91 Å². The van der Waals surface area contributed by atoms with E-state index in [0.29, 0.717) is 11.6 Å². The Bertz CT molecular complexity index is 392. The van der Waals surface area contributed by atoms with Crippen LogP contribution in [0.5, 0.6) is 0 Å². The Morgan fingerprint density at radius 2 is 2.47 bits per heavy atom. The number of thiophene rings is 1. The standard InChI is InChI=1S/C12H18N2OS2/c1-16-10-3-2-9(5-10)14-6-11-4-8(7-17-11)12(13)15/h4,7,9-10,14H,2-3,5-6H2,1H3,(H2,13,15). The van der Waals surface area contributed by atoms with Crippen LogP contribution in [0.15, 0.2) is 11.4 Å². The first-order chi connectivity index (χ1) is 8.19. The van der Waals surface area contributed by atoms with E-state index >= 15 is 0 Å². The lowest BCUT2D eigenvalue weighted by molar-refractivity contribution is 0.100. The van der Waals surface area contributed by atoms with E-state index in [1.807, 2.05) is 23.2 Å². The molecule has 3 N–H and O–H groups in total. The molecule has 1 fully saturated rings. The predicted molar refractivity (Wildman–Crippen MR) is 74.6 cm³/mol. The zero-order valence-corrected chi connectivity index (χ0v) is 11.6. The molecule has 0 aromatic carbocycles. The van der Waals surface area contributed by atoms with Crippen LogP contribution in [0.1, 0.15) is 34.5 Å². The smallest absolute Gasteiger partial charge is 0.249 e. The third-order valence-corrected chi connectivity index (χ3v) is 5.25. The summed E-state index contributed by atoms with van der Waals surface area (Å²) in [7, 11) is 0. The maximum absolute atomic E-state index is 11.0. The van der Waals surface area contributed by atoms with Crippen molar-refractivity contribution in [3.05, 3.63) is 21.9 Å². The zero-order chi connectivity index (χ0) is 12.3. The summed E-state index contributed by atoms with van der Waals surface area (Å²) in [5.74, 6) is -0.337. The fraction of sp³-hybridized carbons (Fsp3) is 0.583. The van der Waals surface area contributed by atoms with E-state index in [1.165, 1.54) is 24.1 Å². The van der Waals surface area contributed by atoms with Crippen LogP contribution >= 0.6 is 23.1 Å². The number of carbonyl (C=O) groups excluding carboxylic acids is 1. The Labute approximate surface area is 110 Å². The fourth-order valence-electron chi connectivity index (χ4n) is 2.19. The molecule has 94 valence electrons. The average Bonchev–Trinajstić information content (AvgIpc) is 2.95. The molecule has 0 spiro atoms. The Balaban J connectivity index is 1.80. The Kier molecular flexibility index (Phi) is 4.48. The van der Waals surface area contributed by atoms with Crippen molar-refractivity contribution >= 4 is 29.0 Å². The van der Waals surface area contributed by atoms with Crippen molar-refractivity contribution in [2.24, 2.45) is 5.73 Å². The van der Waals surface area contributed by atoms with E-state index in [-0.39, 0.29) is 5.91 Å². The average molecular weight is 270 g/mol. The summed E-state index contributed by atoms with van der Waals surface area (Å²) in [5.41, 5.74) is 5.85. The van der Waals surface area contributed by atoms with E-state index in [0.717, 1.165) is 11.8 Å². The first-order valence-corrected chi connectivity index (χ1v) is 7.99. The van der Waals surface area contributed by atoms with Crippen molar-refractivity contribution in [2.75, 3.05) is 6.26 Å². The second kappa shape index (κ2) is 5.89. The van der Waals surface area contributed by atoms with Gasteiger partial charge in [0.15, 0.2) is 0 Å². The van der Waals surface area contributed by atoms with Crippen molar-refractivity contribution in [3.8, 4) is 0 Å². The number of rotatable bonds is 5. The topological polar surface area (TPSA) is 55.1 Å². The summed E-state index contributed by atoms with van der Waals surface area (Å²) >= 11 is 3.57. The Morgan fingerprint density at radius 1 is 1.65 bits per heavy atom. The number of hydrogen-bond donors (Lipinski definition) is 2. The zero-order valence-electron chi connectivity index (χ0n) is 9.94. The second-order valence-electron chi connectivity index (χ2n) is 4.41. The van der Waals surface area contributed by atoms with Crippen LogP contribution in [0.3, 0.4) is 0 Å². The molecule has 2 atom stereocenters. The highest BCUT2D eigenvalue weighted by atomic mass is 32.2. The van der Waals surface area contributed by atoms with E-state index in [4.69, 9.17) is 5.73 Å². The number of hydrogen-bond acceptors (Lipinski definition) is 4. The van der Waals surface area contributed by atoms with Gasteiger partial charge in [-0.15, -0.1) is 11.3 Å². The number of nitrogens with one attached hydrogen (secondary N) is 1. The molecule has 0 bridgehead atoms. The third-order valence-electron chi connectivity index (χ3n) is 3.22. The summed E-state index contributed by atoms with van der Waals surface area (Å²) < 4.78 is 0. The number of primary amides is 1. The lowest BCUT2D eigenvalue weighted by atomic mass is 10.2. The van der Waals surface area contributed by atoms with Gasteiger partial charge in [0.05, 0.1) is 5.56 Å². The van der Waals surface area contributed by atoms with Gasteiger partial charge >= 0.3 is 0 Å².